The number of pyridine rings is 1. The highest BCUT2D eigenvalue weighted by atomic mass is 35.5. The summed E-state index contributed by atoms with van der Waals surface area (Å²) in [5.41, 5.74) is 0. The van der Waals surface area contributed by atoms with Crippen molar-refractivity contribution in [3.8, 4) is 0 Å². The summed E-state index contributed by atoms with van der Waals surface area (Å²) in [6, 6.07) is 3.85. The Balaban J connectivity index is 1.80. The number of rotatable bonds is 7. The van der Waals surface area contributed by atoms with Gasteiger partial charge in [-0.25, -0.2) is 13.4 Å². The molecule has 0 bridgehead atoms. The van der Waals surface area contributed by atoms with Crippen LogP contribution in [0.1, 0.15) is 19.3 Å². The Morgan fingerprint density at radius 2 is 2.22 bits per heavy atom. The summed E-state index contributed by atoms with van der Waals surface area (Å²) in [6.45, 7) is 0.724. The number of nitrogens with one attached hydrogen (secondary N) is 2. The Morgan fingerprint density at radius 1 is 1.44 bits per heavy atom. The molecule has 100 valence electrons. The fourth-order valence-corrected chi connectivity index (χ4v) is 2.82. The molecule has 0 saturated heterocycles. The zero-order valence-corrected chi connectivity index (χ0v) is 11.5. The molecular weight excluding hydrogens is 274 g/mol. The maximum Gasteiger partial charge on any atom is 0.233 e. The van der Waals surface area contributed by atoms with Crippen LogP contribution in [0, 0.1) is 0 Å². The van der Waals surface area contributed by atoms with E-state index in [-0.39, 0.29) is 11.6 Å². The molecule has 0 amide bonds. The van der Waals surface area contributed by atoms with E-state index >= 15 is 0 Å². The summed E-state index contributed by atoms with van der Waals surface area (Å²) in [5, 5.41) is 3.57. The summed E-state index contributed by atoms with van der Waals surface area (Å²) in [7, 11) is -3.37. The lowest BCUT2D eigenvalue weighted by molar-refractivity contribution is 0.593. The van der Waals surface area contributed by atoms with Gasteiger partial charge in [0.2, 0.25) is 10.0 Å². The maximum atomic E-state index is 11.8. The van der Waals surface area contributed by atoms with E-state index in [2.05, 4.69) is 15.0 Å². The minimum Gasteiger partial charge on any atom is -0.314 e. The van der Waals surface area contributed by atoms with Gasteiger partial charge in [-0.1, -0.05) is 11.6 Å². The Hall–Kier alpha value is -0.850. The topological polar surface area (TPSA) is 71.1 Å². The third kappa shape index (κ3) is 4.44. The molecule has 1 aliphatic rings. The zero-order chi connectivity index (χ0) is 13.0. The van der Waals surface area contributed by atoms with Crippen LogP contribution in [0.3, 0.4) is 0 Å². The van der Waals surface area contributed by atoms with E-state index < -0.39 is 10.0 Å². The molecule has 7 heteroatoms. The highest BCUT2D eigenvalue weighted by molar-refractivity contribution is 7.92. The fourth-order valence-electron chi connectivity index (χ4n) is 1.51. The SMILES string of the molecule is O=S(=O)(CCCNC1CC1)Nc1ncccc1Cl. The number of halogens is 1. The van der Waals surface area contributed by atoms with Gasteiger partial charge in [-0.2, -0.15) is 0 Å². The van der Waals surface area contributed by atoms with Crippen molar-refractivity contribution >= 4 is 27.4 Å². The van der Waals surface area contributed by atoms with Crippen LogP contribution in [-0.2, 0) is 10.0 Å². The average Bonchev–Trinajstić information content (AvgIpc) is 3.12. The van der Waals surface area contributed by atoms with Gasteiger partial charge in [-0.05, 0) is 37.9 Å². The highest BCUT2D eigenvalue weighted by Crippen LogP contribution is 2.19. The smallest absolute Gasteiger partial charge is 0.233 e. The second-order valence-corrected chi connectivity index (χ2v) is 6.59. The predicted molar refractivity (Wildman–Crippen MR) is 72.3 cm³/mol. The summed E-state index contributed by atoms with van der Waals surface area (Å²) in [4.78, 5) is 3.89. The number of hydrogen-bond donors (Lipinski definition) is 2. The average molecular weight is 290 g/mol. The first-order valence-electron chi connectivity index (χ1n) is 5.91. The lowest BCUT2D eigenvalue weighted by Crippen LogP contribution is -2.23. The van der Waals surface area contributed by atoms with Gasteiger partial charge in [0.05, 0.1) is 10.8 Å². The lowest BCUT2D eigenvalue weighted by atomic mass is 10.5. The van der Waals surface area contributed by atoms with Crippen molar-refractivity contribution in [2.45, 2.75) is 25.3 Å². The first-order chi connectivity index (χ1) is 8.57. The molecule has 2 N–H and O–H groups in total. The van der Waals surface area contributed by atoms with Crippen LogP contribution < -0.4 is 10.0 Å². The number of nitrogens with zero attached hydrogens (tertiary/aromatic N) is 1. The van der Waals surface area contributed by atoms with Crippen LogP contribution >= 0.6 is 11.6 Å². The summed E-state index contributed by atoms with van der Waals surface area (Å²) in [6.07, 6.45) is 4.48. The van der Waals surface area contributed by atoms with Gasteiger partial charge in [0.25, 0.3) is 0 Å². The van der Waals surface area contributed by atoms with Crippen molar-refractivity contribution < 1.29 is 8.42 Å². The van der Waals surface area contributed by atoms with E-state index in [4.69, 9.17) is 11.6 Å². The van der Waals surface area contributed by atoms with Crippen LogP contribution in [0.4, 0.5) is 5.82 Å². The van der Waals surface area contributed by atoms with Crippen LogP contribution in [0.2, 0.25) is 5.02 Å². The van der Waals surface area contributed by atoms with Gasteiger partial charge in [-0.15, -0.1) is 0 Å². The van der Waals surface area contributed by atoms with Crippen molar-refractivity contribution in [3.63, 3.8) is 0 Å². The molecule has 1 aromatic rings. The maximum absolute atomic E-state index is 11.8. The number of sulfonamides is 1. The summed E-state index contributed by atoms with van der Waals surface area (Å²) < 4.78 is 25.9. The van der Waals surface area contributed by atoms with E-state index in [1.54, 1.807) is 12.1 Å². The molecule has 2 rings (SSSR count). The van der Waals surface area contributed by atoms with Crippen molar-refractivity contribution in [1.29, 1.82) is 0 Å². The minimum atomic E-state index is -3.37. The van der Waals surface area contributed by atoms with Crippen molar-refractivity contribution in [2.75, 3.05) is 17.0 Å². The van der Waals surface area contributed by atoms with Gasteiger partial charge in [0.1, 0.15) is 0 Å². The molecule has 0 aliphatic heterocycles. The second kappa shape index (κ2) is 5.86. The molecule has 1 fully saturated rings. The van der Waals surface area contributed by atoms with Gasteiger partial charge < -0.3 is 5.32 Å². The number of aromatic nitrogens is 1. The fraction of sp³-hybridized carbons (Fsp3) is 0.545. The lowest BCUT2D eigenvalue weighted by Gasteiger charge is -2.08. The first kappa shape index (κ1) is 13.6. The third-order valence-corrected chi connectivity index (χ3v) is 4.25. The van der Waals surface area contributed by atoms with Crippen LogP contribution in [0.5, 0.6) is 0 Å². The molecule has 1 aromatic heterocycles. The Kier molecular flexibility index (Phi) is 4.42. The van der Waals surface area contributed by atoms with Crippen molar-refractivity contribution in [3.05, 3.63) is 23.4 Å². The van der Waals surface area contributed by atoms with E-state index in [1.165, 1.54) is 19.0 Å². The number of anilines is 1. The standard InChI is InChI=1S/C11H16ClN3O2S/c12-10-3-1-6-14-11(10)15-18(16,17)8-2-7-13-9-4-5-9/h1,3,6,9,13H,2,4-5,7-8H2,(H,14,15). The van der Waals surface area contributed by atoms with Gasteiger partial charge >= 0.3 is 0 Å². The van der Waals surface area contributed by atoms with Crippen molar-refractivity contribution in [1.82, 2.24) is 10.3 Å². The Labute approximate surface area is 112 Å². The third-order valence-electron chi connectivity index (χ3n) is 2.61. The normalized spacial score (nSPS) is 15.6. The molecular formula is C11H16ClN3O2S. The molecule has 0 atom stereocenters. The molecule has 1 saturated carbocycles. The zero-order valence-electron chi connectivity index (χ0n) is 9.89. The van der Waals surface area contributed by atoms with Crippen LogP contribution in [-0.4, -0.2) is 31.7 Å². The van der Waals surface area contributed by atoms with E-state index in [0.717, 1.165) is 6.54 Å². The molecule has 0 spiro atoms. The van der Waals surface area contributed by atoms with Crippen LogP contribution in [0.15, 0.2) is 18.3 Å². The van der Waals surface area contributed by atoms with Gasteiger partial charge in [0, 0.05) is 12.2 Å². The molecule has 0 unspecified atom stereocenters. The molecule has 0 aromatic carbocycles. The summed E-state index contributed by atoms with van der Waals surface area (Å²) >= 11 is 5.84. The van der Waals surface area contributed by atoms with Gasteiger partial charge in [0.15, 0.2) is 5.82 Å². The quantitative estimate of drug-likeness (QED) is 0.748. The molecule has 0 radical (unpaired) electrons. The molecule has 1 heterocycles. The number of hydrogen-bond acceptors (Lipinski definition) is 4. The predicted octanol–water partition coefficient (Wildman–Crippen LogP) is 1.62. The molecule has 1 aliphatic carbocycles. The highest BCUT2D eigenvalue weighted by Gasteiger charge is 2.20. The van der Waals surface area contributed by atoms with Crippen LogP contribution in [0.25, 0.3) is 0 Å². The molecule has 18 heavy (non-hydrogen) atoms. The van der Waals surface area contributed by atoms with E-state index in [9.17, 15) is 8.42 Å². The van der Waals surface area contributed by atoms with Crippen molar-refractivity contribution in [2.24, 2.45) is 0 Å². The Morgan fingerprint density at radius 3 is 2.89 bits per heavy atom. The monoisotopic (exact) mass is 289 g/mol. The Bertz CT molecular complexity index is 503. The van der Waals surface area contributed by atoms with E-state index in [0.29, 0.717) is 17.5 Å². The van der Waals surface area contributed by atoms with E-state index in [1.807, 2.05) is 0 Å². The summed E-state index contributed by atoms with van der Waals surface area (Å²) in [5.74, 6) is 0.258. The minimum absolute atomic E-state index is 0.0691. The first-order valence-corrected chi connectivity index (χ1v) is 7.94. The van der Waals surface area contributed by atoms with Gasteiger partial charge in [-0.3, -0.25) is 4.72 Å². The second-order valence-electron chi connectivity index (χ2n) is 4.34. The molecule has 5 nitrogen and oxygen atoms in total. The largest absolute Gasteiger partial charge is 0.314 e.